The van der Waals surface area contributed by atoms with Gasteiger partial charge >= 0.3 is 6.03 Å². The van der Waals surface area contributed by atoms with Gasteiger partial charge < -0.3 is 25.0 Å². The highest BCUT2D eigenvalue weighted by atomic mass is 16.5. The van der Waals surface area contributed by atoms with Crippen molar-refractivity contribution in [1.29, 1.82) is 0 Å². The molecule has 0 fully saturated rings. The van der Waals surface area contributed by atoms with Crippen LogP contribution in [0.1, 0.15) is 43.6 Å². The highest BCUT2D eigenvalue weighted by Gasteiger charge is 2.28. The lowest BCUT2D eigenvalue weighted by Crippen LogP contribution is -2.46. The van der Waals surface area contributed by atoms with Crippen molar-refractivity contribution in [3.8, 4) is 17.0 Å². The minimum Gasteiger partial charge on any atom is -0.491 e. The lowest BCUT2D eigenvalue weighted by atomic mass is 10.0. The zero-order valence-electron chi connectivity index (χ0n) is 25.5. The number of nitrogens with one attached hydrogen (secondary N) is 2. The monoisotopic (exact) mass is 573 g/mol. The van der Waals surface area contributed by atoms with E-state index in [-0.39, 0.29) is 36.0 Å². The lowest BCUT2D eigenvalue weighted by Gasteiger charge is -2.36. The van der Waals surface area contributed by atoms with Gasteiger partial charge in [-0.05, 0) is 56.5 Å². The molecule has 0 bridgehead atoms. The van der Waals surface area contributed by atoms with E-state index in [2.05, 4.69) is 58.6 Å². The number of carbonyl (C=O) groups excluding carboxylic acids is 2. The number of fused-ring (bicyclic) bond motifs is 1. The molecule has 1 aliphatic heterocycles. The topological polar surface area (TPSA) is 96.0 Å². The predicted molar refractivity (Wildman–Crippen MR) is 166 cm³/mol. The number of hydrogen-bond acceptors (Lipinski definition) is 6. The second-order valence-electron chi connectivity index (χ2n) is 11.4. The van der Waals surface area contributed by atoms with Gasteiger partial charge in [-0.3, -0.25) is 14.7 Å². The highest BCUT2D eigenvalue weighted by molar-refractivity contribution is 5.98. The molecule has 0 saturated heterocycles. The Morgan fingerprint density at radius 2 is 1.86 bits per heavy atom. The van der Waals surface area contributed by atoms with Gasteiger partial charge in [-0.15, -0.1) is 0 Å². The van der Waals surface area contributed by atoms with Crippen molar-refractivity contribution in [1.82, 2.24) is 20.1 Å². The summed E-state index contributed by atoms with van der Waals surface area (Å²) in [4.78, 5) is 34.4. The Morgan fingerprint density at radius 3 is 2.52 bits per heavy atom. The minimum atomic E-state index is -0.313. The van der Waals surface area contributed by atoms with Crippen LogP contribution in [0.4, 0.5) is 10.5 Å². The zero-order chi connectivity index (χ0) is 30.2. The molecular formula is C33H43N5O4. The first kappa shape index (κ1) is 31.0. The van der Waals surface area contributed by atoms with Crippen LogP contribution in [0.25, 0.3) is 11.3 Å². The average molecular weight is 574 g/mol. The number of likely N-dealkylation sites (N-methyl/N-ethyl adjacent to an activating group) is 1. The summed E-state index contributed by atoms with van der Waals surface area (Å²) in [5.41, 5.74) is 4.20. The molecular weight excluding hydrogens is 530 g/mol. The molecule has 4 rings (SSSR count). The van der Waals surface area contributed by atoms with Crippen molar-refractivity contribution in [3.05, 3.63) is 78.0 Å². The molecule has 3 amide bonds. The molecule has 2 N–H and O–H groups in total. The summed E-state index contributed by atoms with van der Waals surface area (Å²) in [5, 5.41) is 5.65. The van der Waals surface area contributed by atoms with Crippen LogP contribution in [0.2, 0.25) is 0 Å². The van der Waals surface area contributed by atoms with E-state index in [1.807, 2.05) is 32.0 Å². The summed E-state index contributed by atoms with van der Waals surface area (Å²) < 4.78 is 12.2. The van der Waals surface area contributed by atoms with Crippen LogP contribution < -0.4 is 15.4 Å². The number of benzene rings is 2. The Hall–Kier alpha value is -3.95. The lowest BCUT2D eigenvalue weighted by molar-refractivity contribution is 0.00922. The van der Waals surface area contributed by atoms with Crippen molar-refractivity contribution in [2.24, 2.45) is 5.92 Å². The molecule has 0 aliphatic carbocycles. The van der Waals surface area contributed by atoms with Crippen LogP contribution in [0.5, 0.6) is 5.75 Å². The molecule has 0 saturated carbocycles. The fourth-order valence-corrected chi connectivity index (χ4v) is 5.12. The van der Waals surface area contributed by atoms with Gasteiger partial charge in [0.1, 0.15) is 12.4 Å². The highest BCUT2D eigenvalue weighted by Crippen LogP contribution is 2.27. The van der Waals surface area contributed by atoms with Crippen molar-refractivity contribution in [3.63, 3.8) is 0 Å². The van der Waals surface area contributed by atoms with E-state index in [9.17, 15) is 9.59 Å². The number of urea groups is 1. The number of amides is 3. The van der Waals surface area contributed by atoms with E-state index in [1.54, 1.807) is 43.5 Å². The minimum absolute atomic E-state index is 0.00470. The maximum Gasteiger partial charge on any atom is 0.319 e. The third-order valence-corrected chi connectivity index (χ3v) is 7.55. The second-order valence-corrected chi connectivity index (χ2v) is 11.4. The molecule has 9 heteroatoms. The predicted octanol–water partition coefficient (Wildman–Crippen LogP) is 5.28. The van der Waals surface area contributed by atoms with Crippen LogP contribution in [-0.2, 0) is 11.3 Å². The van der Waals surface area contributed by atoms with Gasteiger partial charge in [0.25, 0.3) is 5.91 Å². The van der Waals surface area contributed by atoms with E-state index >= 15 is 0 Å². The van der Waals surface area contributed by atoms with E-state index in [0.29, 0.717) is 30.2 Å². The number of aromatic nitrogens is 1. The molecule has 0 radical (unpaired) electrons. The smallest absolute Gasteiger partial charge is 0.319 e. The maximum atomic E-state index is 13.5. The number of carbonyl (C=O) groups is 2. The fourth-order valence-electron chi connectivity index (χ4n) is 5.12. The Labute approximate surface area is 249 Å². The zero-order valence-corrected chi connectivity index (χ0v) is 25.5. The normalized spacial score (nSPS) is 20.2. The van der Waals surface area contributed by atoms with E-state index in [1.165, 1.54) is 5.56 Å². The first-order valence-electron chi connectivity index (χ1n) is 14.5. The summed E-state index contributed by atoms with van der Waals surface area (Å²) >= 11 is 0. The Morgan fingerprint density at radius 1 is 1.10 bits per heavy atom. The van der Waals surface area contributed by atoms with Gasteiger partial charge in [0, 0.05) is 69.4 Å². The van der Waals surface area contributed by atoms with E-state index in [4.69, 9.17) is 9.47 Å². The number of pyridine rings is 1. The van der Waals surface area contributed by atoms with Crippen molar-refractivity contribution in [2.45, 2.75) is 52.4 Å². The van der Waals surface area contributed by atoms with Crippen molar-refractivity contribution >= 4 is 17.6 Å². The van der Waals surface area contributed by atoms with Crippen LogP contribution in [-0.4, -0.2) is 78.8 Å². The largest absolute Gasteiger partial charge is 0.491 e. The summed E-state index contributed by atoms with van der Waals surface area (Å²) in [7, 11) is 3.48. The quantitative estimate of drug-likeness (QED) is 0.416. The molecule has 9 nitrogen and oxygen atoms in total. The number of anilines is 1. The molecule has 0 unspecified atom stereocenters. The van der Waals surface area contributed by atoms with Crippen molar-refractivity contribution < 1.29 is 19.1 Å². The Bertz CT molecular complexity index is 1330. The fraction of sp³-hybridized carbons (Fsp3) is 0.424. The Kier molecular flexibility index (Phi) is 10.5. The van der Waals surface area contributed by atoms with Gasteiger partial charge in [0.2, 0.25) is 0 Å². The number of rotatable bonds is 6. The third-order valence-electron chi connectivity index (χ3n) is 7.55. The molecule has 1 aromatic heterocycles. The molecule has 0 spiro atoms. The van der Waals surface area contributed by atoms with Crippen LogP contribution in [0.15, 0.2) is 66.9 Å². The van der Waals surface area contributed by atoms with Crippen LogP contribution >= 0.6 is 0 Å². The molecule has 1 aliphatic rings. The first-order valence-corrected chi connectivity index (χ1v) is 14.5. The first-order chi connectivity index (χ1) is 20.1. The molecule has 224 valence electrons. The van der Waals surface area contributed by atoms with Gasteiger partial charge in [0.05, 0.1) is 17.4 Å². The molecule has 2 heterocycles. The average Bonchev–Trinajstić information content (AvgIpc) is 2.97. The van der Waals surface area contributed by atoms with Gasteiger partial charge in [-0.2, -0.15) is 0 Å². The molecule has 3 aromatic rings. The Balaban J connectivity index is 1.59. The summed E-state index contributed by atoms with van der Waals surface area (Å²) in [6.07, 6.45) is 1.65. The SMILES string of the molecule is CO[C@H]1CN(C)C(=O)c2ccc(NC(=O)NC(C)C)cc2OC[C@H](C)N(Cc2ccc(-c3ccccn3)cc2)C[C@H]1C. The molecule has 3 atom stereocenters. The van der Waals surface area contributed by atoms with Gasteiger partial charge in [-0.25, -0.2) is 4.79 Å². The van der Waals surface area contributed by atoms with Crippen LogP contribution in [0.3, 0.4) is 0 Å². The number of nitrogens with zero attached hydrogens (tertiary/aromatic N) is 3. The van der Waals surface area contributed by atoms with Gasteiger partial charge in [0.15, 0.2) is 0 Å². The number of methoxy groups -OCH3 is 1. The molecule has 42 heavy (non-hydrogen) atoms. The van der Waals surface area contributed by atoms with E-state index < -0.39 is 0 Å². The number of ether oxygens (including phenoxy) is 2. The molecule has 2 aromatic carbocycles. The van der Waals surface area contributed by atoms with Gasteiger partial charge in [-0.1, -0.05) is 37.3 Å². The summed E-state index contributed by atoms with van der Waals surface area (Å²) in [6, 6.07) is 19.3. The summed E-state index contributed by atoms with van der Waals surface area (Å²) in [5.74, 6) is 0.434. The standard InChI is InChI=1S/C33H43N5O4/c1-22(2)35-33(40)36-27-14-15-28-30(17-27)42-21-24(4)38(18-23(3)31(41-6)20-37(5)32(28)39)19-25-10-12-26(13-11-25)29-9-7-8-16-34-29/h7-17,22-24,31H,18-21H2,1-6H3,(H2,35,36,40)/t23-,24+,31+/m1/s1. The van der Waals surface area contributed by atoms with Crippen LogP contribution in [0, 0.1) is 5.92 Å². The second kappa shape index (κ2) is 14.3. The summed E-state index contributed by atoms with van der Waals surface area (Å²) in [6.45, 7) is 10.4. The maximum absolute atomic E-state index is 13.5. The number of hydrogen-bond donors (Lipinski definition) is 2. The third kappa shape index (κ3) is 8.08. The van der Waals surface area contributed by atoms with Crippen molar-refractivity contribution in [2.75, 3.05) is 39.2 Å². The van der Waals surface area contributed by atoms with E-state index in [0.717, 1.165) is 24.3 Å².